The van der Waals surface area contributed by atoms with E-state index in [0.29, 0.717) is 13.0 Å². The molecule has 1 atom stereocenters. The summed E-state index contributed by atoms with van der Waals surface area (Å²) in [4.78, 5) is 26.3. The summed E-state index contributed by atoms with van der Waals surface area (Å²) < 4.78 is 27.7. The lowest BCUT2D eigenvalue weighted by Crippen LogP contribution is -2.56. The van der Waals surface area contributed by atoms with Gasteiger partial charge >= 0.3 is 0 Å². The fourth-order valence-corrected chi connectivity index (χ4v) is 2.90. The summed E-state index contributed by atoms with van der Waals surface area (Å²) in [6.07, 6.45) is -0.00737. The first-order valence-electron chi connectivity index (χ1n) is 6.33. The van der Waals surface area contributed by atoms with E-state index < -0.39 is 24.3 Å². The Morgan fingerprint density at radius 3 is 2.63 bits per heavy atom. The summed E-state index contributed by atoms with van der Waals surface area (Å²) in [5, 5.41) is 2.62. The van der Waals surface area contributed by atoms with Crippen molar-refractivity contribution in [2.45, 2.75) is 18.8 Å². The normalized spacial score (nSPS) is 30.4. The van der Waals surface area contributed by atoms with Crippen LogP contribution in [0.15, 0.2) is 0 Å². The molecule has 2 fully saturated rings. The SMILES string of the molecule is CN(C)C(=O)CN1CC(F)(F)C[C@]2(CCNC2=O)C1. The fourth-order valence-electron chi connectivity index (χ4n) is 2.90. The van der Waals surface area contributed by atoms with Crippen molar-refractivity contribution < 1.29 is 18.4 Å². The molecule has 1 N–H and O–H groups in total. The number of carbonyl (C=O) groups is 2. The van der Waals surface area contributed by atoms with Crippen LogP contribution in [0.2, 0.25) is 0 Å². The topological polar surface area (TPSA) is 52.7 Å². The van der Waals surface area contributed by atoms with Crippen LogP contribution in [0.1, 0.15) is 12.8 Å². The van der Waals surface area contributed by atoms with E-state index in [2.05, 4.69) is 5.32 Å². The van der Waals surface area contributed by atoms with Crippen LogP contribution >= 0.6 is 0 Å². The molecule has 19 heavy (non-hydrogen) atoms. The van der Waals surface area contributed by atoms with Gasteiger partial charge in [0.15, 0.2) is 0 Å². The van der Waals surface area contributed by atoms with Gasteiger partial charge in [0.1, 0.15) is 0 Å². The first-order chi connectivity index (χ1) is 8.74. The summed E-state index contributed by atoms with van der Waals surface area (Å²) in [6.45, 7) is 0.137. The average molecular weight is 275 g/mol. The second kappa shape index (κ2) is 4.70. The Balaban J connectivity index is 2.13. The molecular formula is C12H19F2N3O2. The van der Waals surface area contributed by atoms with Gasteiger partial charge < -0.3 is 10.2 Å². The maximum absolute atomic E-state index is 13.8. The molecule has 0 saturated carbocycles. The van der Waals surface area contributed by atoms with Crippen molar-refractivity contribution >= 4 is 11.8 Å². The van der Waals surface area contributed by atoms with Crippen molar-refractivity contribution in [1.82, 2.24) is 15.1 Å². The summed E-state index contributed by atoms with van der Waals surface area (Å²) >= 11 is 0. The van der Waals surface area contributed by atoms with Gasteiger partial charge in [0.2, 0.25) is 11.8 Å². The highest BCUT2D eigenvalue weighted by molar-refractivity contribution is 5.85. The predicted molar refractivity (Wildman–Crippen MR) is 64.8 cm³/mol. The monoisotopic (exact) mass is 275 g/mol. The van der Waals surface area contributed by atoms with E-state index in [0.717, 1.165) is 0 Å². The third-order valence-corrected chi connectivity index (χ3v) is 3.81. The lowest BCUT2D eigenvalue weighted by molar-refractivity contribution is -0.152. The molecule has 2 amide bonds. The van der Waals surface area contributed by atoms with Crippen molar-refractivity contribution in [2.24, 2.45) is 5.41 Å². The van der Waals surface area contributed by atoms with Crippen LogP contribution in [0.4, 0.5) is 8.78 Å². The molecule has 7 heteroatoms. The number of hydrogen-bond acceptors (Lipinski definition) is 3. The highest BCUT2D eigenvalue weighted by atomic mass is 19.3. The summed E-state index contributed by atoms with van der Waals surface area (Å²) in [6, 6.07) is 0. The second-order valence-electron chi connectivity index (χ2n) is 5.75. The number of alkyl halides is 2. The lowest BCUT2D eigenvalue weighted by Gasteiger charge is -2.42. The predicted octanol–water partition coefficient (Wildman–Crippen LogP) is -0.0781. The van der Waals surface area contributed by atoms with Crippen LogP contribution in [0.5, 0.6) is 0 Å². The molecule has 0 unspecified atom stereocenters. The van der Waals surface area contributed by atoms with Crippen LogP contribution in [0, 0.1) is 5.41 Å². The van der Waals surface area contributed by atoms with Gasteiger partial charge in [-0.25, -0.2) is 8.78 Å². The standard InChI is InChI=1S/C12H19F2N3O2/c1-16(2)9(18)5-17-7-11(3-4-15-10(11)19)6-12(13,14)8-17/h3-8H2,1-2H3,(H,15,19)/t11-/m1/s1. The molecule has 0 aromatic heterocycles. The summed E-state index contributed by atoms with van der Waals surface area (Å²) in [5.74, 6) is -3.47. The molecule has 2 aliphatic heterocycles. The number of nitrogens with zero attached hydrogens (tertiary/aromatic N) is 2. The van der Waals surface area contributed by atoms with Crippen LogP contribution in [0.3, 0.4) is 0 Å². The largest absolute Gasteiger partial charge is 0.356 e. The summed E-state index contributed by atoms with van der Waals surface area (Å²) in [7, 11) is 3.17. The van der Waals surface area contributed by atoms with E-state index in [4.69, 9.17) is 0 Å². The molecule has 2 heterocycles. The first kappa shape index (κ1) is 14.2. The third kappa shape index (κ3) is 2.86. The van der Waals surface area contributed by atoms with Crippen LogP contribution < -0.4 is 5.32 Å². The van der Waals surface area contributed by atoms with Gasteiger partial charge in [-0.15, -0.1) is 0 Å². The first-order valence-corrected chi connectivity index (χ1v) is 6.33. The molecule has 2 aliphatic rings. The Morgan fingerprint density at radius 2 is 2.11 bits per heavy atom. The van der Waals surface area contributed by atoms with Crippen LogP contribution in [-0.4, -0.2) is 67.8 Å². The molecule has 0 aliphatic carbocycles. The van der Waals surface area contributed by atoms with E-state index >= 15 is 0 Å². The maximum Gasteiger partial charge on any atom is 0.261 e. The Bertz CT molecular complexity index is 400. The van der Waals surface area contributed by atoms with Crippen molar-refractivity contribution in [3.05, 3.63) is 0 Å². The number of hydrogen-bond donors (Lipinski definition) is 1. The number of halogens is 2. The number of nitrogens with one attached hydrogen (secondary N) is 1. The average Bonchev–Trinajstić information content (AvgIpc) is 2.56. The minimum absolute atomic E-state index is 0.0718. The minimum atomic E-state index is -2.92. The van der Waals surface area contributed by atoms with Gasteiger partial charge in [-0.05, 0) is 6.42 Å². The zero-order valence-corrected chi connectivity index (χ0v) is 11.2. The molecule has 1 spiro atoms. The molecule has 0 aromatic rings. The van der Waals surface area contributed by atoms with Gasteiger partial charge in [-0.2, -0.15) is 0 Å². The third-order valence-electron chi connectivity index (χ3n) is 3.81. The number of likely N-dealkylation sites (N-methyl/N-ethyl adjacent to an activating group) is 1. The molecule has 2 saturated heterocycles. The zero-order valence-electron chi connectivity index (χ0n) is 11.2. The van der Waals surface area contributed by atoms with Gasteiger partial charge in [-0.1, -0.05) is 0 Å². The fraction of sp³-hybridized carbons (Fsp3) is 0.833. The lowest BCUT2D eigenvalue weighted by atomic mass is 9.77. The van der Waals surface area contributed by atoms with E-state index in [1.807, 2.05) is 0 Å². The van der Waals surface area contributed by atoms with E-state index in [1.54, 1.807) is 14.1 Å². The molecule has 0 radical (unpaired) electrons. The van der Waals surface area contributed by atoms with Gasteiger partial charge in [0.05, 0.1) is 18.5 Å². The molecule has 0 bridgehead atoms. The van der Waals surface area contributed by atoms with E-state index in [1.165, 1.54) is 9.80 Å². The van der Waals surface area contributed by atoms with Gasteiger partial charge in [-0.3, -0.25) is 14.5 Å². The highest BCUT2D eigenvalue weighted by Crippen LogP contribution is 2.43. The van der Waals surface area contributed by atoms with Crippen molar-refractivity contribution in [1.29, 1.82) is 0 Å². The quantitative estimate of drug-likeness (QED) is 0.767. The van der Waals surface area contributed by atoms with Gasteiger partial charge in [0, 0.05) is 33.6 Å². The van der Waals surface area contributed by atoms with E-state index in [-0.39, 0.29) is 24.9 Å². The van der Waals surface area contributed by atoms with Crippen molar-refractivity contribution in [3.63, 3.8) is 0 Å². The Labute approximate surface area is 110 Å². The molecule has 2 rings (SSSR count). The summed E-state index contributed by atoms with van der Waals surface area (Å²) in [5.41, 5.74) is -1.03. The minimum Gasteiger partial charge on any atom is -0.356 e. The Hall–Kier alpha value is -1.24. The Morgan fingerprint density at radius 1 is 1.42 bits per heavy atom. The molecule has 5 nitrogen and oxygen atoms in total. The Kier molecular flexibility index (Phi) is 3.51. The zero-order chi connectivity index (χ0) is 14.3. The van der Waals surface area contributed by atoms with Crippen LogP contribution in [-0.2, 0) is 9.59 Å². The molecular weight excluding hydrogens is 256 g/mol. The van der Waals surface area contributed by atoms with Crippen molar-refractivity contribution in [2.75, 3.05) is 40.3 Å². The highest BCUT2D eigenvalue weighted by Gasteiger charge is 2.54. The van der Waals surface area contributed by atoms with Gasteiger partial charge in [0.25, 0.3) is 5.92 Å². The number of piperidine rings is 1. The molecule has 108 valence electrons. The number of carbonyl (C=O) groups excluding carboxylic acids is 2. The molecule has 0 aromatic carbocycles. The van der Waals surface area contributed by atoms with Crippen molar-refractivity contribution in [3.8, 4) is 0 Å². The number of rotatable bonds is 2. The number of likely N-dealkylation sites (tertiary alicyclic amines) is 1. The smallest absolute Gasteiger partial charge is 0.261 e. The maximum atomic E-state index is 13.8. The van der Waals surface area contributed by atoms with Crippen LogP contribution in [0.25, 0.3) is 0 Å². The van der Waals surface area contributed by atoms with E-state index in [9.17, 15) is 18.4 Å². The second-order valence-corrected chi connectivity index (χ2v) is 5.75. The number of amides is 2.